The van der Waals surface area contributed by atoms with Gasteiger partial charge in [0, 0.05) is 6.04 Å². The maximum atomic E-state index is 11.2. The highest BCUT2D eigenvalue weighted by atomic mass is 16.2. The fourth-order valence-electron chi connectivity index (χ4n) is 1.67. The third kappa shape index (κ3) is 2.59. The summed E-state index contributed by atoms with van der Waals surface area (Å²) in [5.74, 6) is -0.588. The average Bonchev–Trinajstić information content (AvgIpc) is 2.28. The van der Waals surface area contributed by atoms with Gasteiger partial charge in [-0.3, -0.25) is 19.9 Å². The van der Waals surface area contributed by atoms with Crippen LogP contribution in [0, 0.1) is 0 Å². The molecular formula is C11H14N4O2. The van der Waals surface area contributed by atoms with Crippen LogP contribution >= 0.6 is 0 Å². The molecule has 90 valence electrons. The second-order valence-corrected chi connectivity index (χ2v) is 4.06. The number of rotatable bonds is 2. The lowest BCUT2D eigenvalue weighted by Crippen LogP contribution is -2.51. The zero-order valence-electron chi connectivity index (χ0n) is 9.51. The van der Waals surface area contributed by atoms with Crippen LogP contribution in [0.5, 0.6) is 0 Å². The summed E-state index contributed by atoms with van der Waals surface area (Å²) in [4.78, 5) is 28.3. The zero-order valence-corrected chi connectivity index (χ0v) is 9.51. The number of imide groups is 1. The van der Waals surface area contributed by atoms with Crippen LogP contribution in [0.1, 0.15) is 18.7 Å². The van der Waals surface area contributed by atoms with Crippen LogP contribution in [0.4, 0.5) is 5.69 Å². The van der Waals surface area contributed by atoms with Crippen molar-refractivity contribution in [3.8, 4) is 0 Å². The maximum Gasteiger partial charge on any atom is 0.246 e. The van der Waals surface area contributed by atoms with Gasteiger partial charge >= 0.3 is 0 Å². The number of nitrogens with two attached hydrogens (primary N) is 1. The van der Waals surface area contributed by atoms with Crippen LogP contribution < -0.4 is 16.0 Å². The van der Waals surface area contributed by atoms with Crippen LogP contribution in [-0.2, 0) is 9.59 Å². The molecule has 0 saturated carbocycles. The van der Waals surface area contributed by atoms with E-state index >= 15 is 0 Å². The second kappa shape index (κ2) is 4.50. The molecule has 1 saturated heterocycles. The Bertz CT molecular complexity index is 425. The first-order valence-electron chi connectivity index (χ1n) is 5.35. The third-order valence-electron chi connectivity index (χ3n) is 2.55. The number of nitrogens with one attached hydrogen (secondary N) is 1. The van der Waals surface area contributed by atoms with E-state index in [0.29, 0.717) is 0 Å². The van der Waals surface area contributed by atoms with Crippen LogP contribution in [0.2, 0.25) is 0 Å². The molecule has 0 aliphatic carbocycles. The number of carbonyl (C=O) groups is 2. The van der Waals surface area contributed by atoms with E-state index in [4.69, 9.17) is 5.73 Å². The quantitative estimate of drug-likeness (QED) is 0.677. The molecule has 6 nitrogen and oxygen atoms in total. The summed E-state index contributed by atoms with van der Waals surface area (Å²) >= 11 is 0. The molecule has 1 aliphatic heterocycles. The molecule has 0 radical (unpaired) electrons. The number of anilines is 1. The minimum atomic E-state index is -0.294. The molecule has 2 rings (SSSR count). The van der Waals surface area contributed by atoms with Gasteiger partial charge in [0.25, 0.3) is 0 Å². The molecule has 1 atom stereocenters. The van der Waals surface area contributed by atoms with Crippen molar-refractivity contribution in [2.75, 3.05) is 18.0 Å². The Morgan fingerprint density at radius 3 is 2.47 bits per heavy atom. The number of carbonyl (C=O) groups excluding carboxylic acids is 2. The van der Waals surface area contributed by atoms with Gasteiger partial charge in [-0.1, -0.05) is 0 Å². The highest BCUT2D eigenvalue weighted by molar-refractivity contribution is 6.02. The molecule has 1 unspecified atom stereocenters. The fraction of sp³-hybridized carbons (Fsp3) is 0.364. The Morgan fingerprint density at radius 2 is 2.00 bits per heavy atom. The first-order valence-corrected chi connectivity index (χ1v) is 5.35. The SMILES string of the molecule is CC(N)c1ccc(N2CC(=O)NC(=O)C2)cn1. The number of aromatic nitrogens is 1. The average molecular weight is 234 g/mol. The lowest BCUT2D eigenvalue weighted by molar-refractivity contribution is -0.130. The van der Waals surface area contributed by atoms with Gasteiger partial charge in [-0.2, -0.15) is 0 Å². The summed E-state index contributed by atoms with van der Waals surface area (Å²) in [6.07, 6.45) is 1.63. The fourth-order valence-corrected chi connectivity index (χ4v) is 1.67. The smallest absolute Gasteiger partial charge is 0.246 e. The number of amides is 2. The lowest BCUT2D eigenvalue weighted by Gasteiger charge is -2.27. The largest absolute Gasteiger partial charge is 0.352 e. The van der Waals surface area contributed by atoms with Gasteiger partial charge in [-0.05, 0) is 19.1 Å². The van der Waals surface area contributed by atoms with E-state index in [1.165, 1.54) is 0 Å². The molecule has 1 aliphatic rings. The van der Waals surface area contributed by atoms with E-state index in [1.54, 1.807) is 17.2 Å². The van der Waals surface area contributed by atoms with E-state index in [9.17, 15) is 9.59 Å². The van der Waals surface area contributed by atoms with Gasteiger partial charge in [0.2, 0.25) is 11.8 Å². The normalized spacial score (nSPS) is 17.9. The van der Waals surface area contributed by atoms with Gasteiger partial charge < -0.3 is 10.6 Å². The third-order valence-corrected chi connectivity index (χ3v) is 2.55. The van der Waals surface area contributed by atoms with E-state index in [0.717, 1.165) is 11.4 Å². The molecule has 6 heteroatoms. The Hall–Kier alpha value is -1.95. The van der Waals surface area contributed by atoms with Gasteiger partial charge in [-0.25, -0.2) is 0 Å². The Labute approximate surface area is 98.8 Å². The summed E-state index contributed by atoms with van der Waals surface area (Å²) in [6, 6.07) is 3.49. The van der Waals surface area contributed by atoms with Crippen molar-refractivity contribution in [3.63, 3.8) is 0 Å². The summed E-state index contributed by atoms with van der Waals surface area (Å²) in [5.41, 5.74) is 7.22. The first kappa shape index (κ1) is 11.5. The van der Waals surface area contributed by atoms with Gasteiger partial charge in [0.1, 0.15) is 0 Å². The van der Waals surface area contributed by atoms with Gasteiger partial charge in [0.05, 0.1) is 30.7 Å². The molecule has 0 spiro atoms. The van der Waals surface area contributed by atoms with E-state index in [-0.39, 0.29) is 30.9 Å². The predicted octanol–water partition coefficient (Wildman–Crippen LogP) is -0.436. The standard InChI is InChI=1S/C11H14N4O2/c1-7(12)9-3-2-8(4-13-9)15-5-10(16)14-11(17)6-15/h2-4,7H,5-6,12H2,1H3,(H,14,16,17). The Balaban J connectivity index is 2.16. The van der Waals surface area contributed by atoms with E-state index in [1.807, 2.05) is 13.0 Å². The first-order chi connectivity index (χ1) is 8.06. The van der Waals surface area contributed by atoms with Crippen molar-refractivity contribution < 1.29 is 9.59 Å². The van der Waals surface area contributed by atoms with Crippen molar-refractivity contribution in [2.45, 2.75) is 13.0 Å². The molecule has 17 heavy (non-hydrogen) atoms. The van der Waals surface area contributed by atoms with Crippen LogP contribution in [-0.4, -0.2) is 29.9 Å². The van der Waals surface area contributed by atoms with Crippen LogP contribution in [0.15, 0.2) is 18.3 Å². The summed E-state index contributed by atoms with van der Waals surface area (Å²) < 4.78 is 0. The van der Waals surface area contributed by atoms with Crippen molar-refractivity contribution in [2.24, 2.45) is 5.73 Å². The summed E-state index contributed by atoms with van der Waals surface area (Å²) in [7, 11) is 0. The van der Waals surface area contributed by atoms with E-state index in [2.05, 4.69) is 10.3 Å². The monoisotopic (exact) mass is 234 g/mol. The number of piperazine rings is 1. The van der Waals surface area contributed by atoms with Crippen molar-refractivity contribution >= 4 is 17.5 Å². The molecule has 0 bridgehead atoms. The van der Waals surface area contributed by atoms with E-state index < -0.39 is 0 Å². The predicted molar refractivity (Wildman–Crippen MR) is 62.2 cm³/mol. The molecule has 1 fully saturated rings. The number of nitrogens with zero attached hydrogens (tertiary/aromatic N) is 2. The number of hydrogen-bond donors (Lipinski definition) is 2. The second-order valence-electron chi connectivity index (χ2n) is 4.06. The minimum absolute atomic E-state index is 0.129. The van der Waals surface area contributed by atoms with Gasteiger partial charge in [-0.15, -0.1) is 0 Å². The van der Waals surface area contributed by atoms with Crippen LogP contribution in [0.25, 0.3) is 0 Å². The Kier molecular flexibility index (Phi) is 3.06. The molecule has 0 aromatic carbocycles. The molecule has 1 aromatic heterocycles. The minimum Gasteiger partial charge on any atom is -0.352 e. The number of pyridine rings is 1. The van der Waals surface area contributed by atoms with Gasteiger partial charge in [0.15, 0.2) is 0 Å². The zero-order chi connectivity index (χ0) is 12.4. The molecule has 2 amide bonds. The van der Waals surface area contributed by atoms with Crippen LogP contribution in [0.3, 0.4) is 0 Å². The highest BCUT2D eigenvalue weighted by Crippen LogP contribution is 2.16. The molecule has 1 aromatic rings. The molecule has 2 heterocycles. The summed E-state index contributed by atoms with van der Waals surface area (Å²) in [6.45, 7) is 2.19. The molecule has 3 N–H and O–H groups in total. The van der Waals surface area contributed by atoms with Crippen molar-refractivity contribution in [1.29, 1.82) is 0 Å². The lowest BCUT2D eigenvalue weighted by atomic mass is 10.2. The molecular weight excluding hydrogens is 220 g/mol. The van der Waals surface area contributed by atoms with Crippen molar-refractivity contribution in [3.05, 3.63) is 24.0 Å². The van der Waals surface area contributed by atoms with Crippen molar-refractivity contribution in [1.82, 2.24) is 10.3 Å². The Morgan fingerprint density at radius 1 is 1.35 bits per heavy atom. The number of hydrogen-bond acceptors (Lipinski definition) is 5. The highest BCUT2D eigenvalue weighted by Gasteiger charge is 2.22. The summed E-state index contributed by atoms with van der Waals surface area (Å²) in [5, 5.41) is 2.25. The topological polar surface area (TPSA) is 88.3 Å². The maximum absolute atomic E-state index is 11.2.